The third-order valence-corrected chi connectivity index (χ3v) is 4.04. The second-order valence-corrected chi connectivity index (χ2v) is 5.99. The number of amides is 3. The van der Waals surface area contributed by atoms with Crippen LogP contribution in [0.15, 0.2) is 48.5 Å². The van der Waals surface area contributed by atoms with Crippen LogP contribution in [0.1, 0.15) is 26.3 Å². The van der Waals surface area contributed by atoms with Crippen LogP contribution in [0.5, 0.6) is 0 Å². The average Bonchev–Trinajstić information content (AvgIpc) is 2.91. The summed E-state index contributed by atoms with van der Waals surface area (Å²) in [5.74, 6) is -3.41. The Morgan fingerprint density at radius 1 is 0.931 bits per heavy atom. The van der Waals surface area contributed by atoms with E-state index in [1.165, 1.54) is 24.3 Å². The summed E-state index contributed by atoms with van der Waals surface area (Å²) in [5, 5.41) is 2.01. The number of fused-ring (bicyclic) bond motifs is 1. The van der Waals surface area contributed by atoms with Gasteiger partial charge < -0.3 is 10.1 Å². The van der Waals surface area contributed by atoms with Crippen LogP contribution >= 0.6 is 0 Å². The predicted octanol–water partition coefficient (Wildman–Crippen LogP) is 2.48. The summed E-state index contributed by atoms with van der Waals surface area (Å²) in [5.41, 5.74) is -1.24. The molecule has 0 spiro atoms. The summed E-state index contributed by atoms with van der Waals surface area (Å²) in [7, 11) is 0. The molecule has 1 aliphatic rings. The van der Waals surface area contributed by atoms with Crippen molar-refractivity contribution in [2.75, 3.05) is 18.5 Å². The molecule has 0 saturated heterocycles. The number of alkyl halides is 3. The fourth-order valence-electron chi connectivity index (χ4n) is 2.73. The zero-order chi connectivity index (χ0) is 21.2. The molecule has 0 saturated carbocycles. The minimum Gasteiger partial charge on any atom is -0.454 e. The topological polar surface area (TPSA) is 92.8 Å². The molecule has 0 unspecified atom stereocenters. The number of hydrogen-bond acceptors (Lipinski definition) is 5. The summed E-state index contributed by atoms with van der Waals surface area (Å²) in [6.07, 6.45) is -4.67. The minimum absolute atomic E-state index is 0.145. The number of hydrogen-bond donors (Lipinski definition) is 1. The zero-order valence-corrected chi connectivity index (χ0v) is 14.7. The van der Waals surface area contributed by atoms with E-state index < -0.39 is 54.3 Å². The van der Waals surface area contributed by atoms with Crippen molar-refractivity contribution in [3.05, 3.63) is 65.2 Å². The van der Waals surface area contributed by atoms with Gasteiger partial charge in [-0.05, 0) is 24.3 Å². The van der Waals surface area contributed by atoms with Gasteiger partial charge in [0.15, 0.2) is 6.61 Å². The van der Waals surface area contributed by atoms with E-state index in [2.05, 4.69) is 4.74 Å². The van der Waals surface area contributed by atoms with Crippen LogP contribution in [0.3, 0.4) is 0 Å². The zero-order valence-electron chi connectivity index (χ0n) is 14.7. The molecule has 1 aliphatic heterocycles. The van der Waals surface area contributed by atoms with Gasteiger partial charge in [-0.15, -0.1) is 0 Å². The molecule has 0 aliphatic carbocycles. The van der Waals surface area contributed by atoms with Crippen molar-refractivity contribution in [1.29, 1.82) is 0 Å². The van der Waals surface area contributed by atoms with E-state index in [-0.39, 0.29) is 11.1 Å². The molecule has 10 heteroatoms. The molecular weight excluding hydrogens is 393 g/mol. The number of carbonyl (C=O) groups excluding carboxylic acids is 4. The number of carbonyl (C=O) groups is 4. The summed E-state index contributed by atoms with van der Waals surface area (Å²) < 4.78 is 43.4. The summed E-state index contributed by atoms with van der Waals surface area (Å²) in [6, 6.07) is 10.3. The first kappa shape index (κ1) is 20.1. The molecule has 0 atom stereocenters. The standard InChI is InChI=1S/C19H13F3N2O5/c20-19(21,22)13-7-3-4-8-14(13)23-15(25)10-29-16(26)9-24-17(27)11-5-1-2-6-12(11)18(24)28/h1-8H,9-10H2,(H,23,25). The highest BCUT2D eigenvalue weighted by Gasteiger charge is 2.37. The van der Waals surface area contributed by atoms with Crippen LogP contribution in [0.4, 0.5) is 18.9 Å². The van der Waals surface area contributed by atoms with E-state index in [0.29, 0.717) is 4.90 Å². The van der Waals surface area contributed by atoms with Crippen molar-refractivity contribution >= 4 is 29.4 Å². The highest BCUT2D eigenvalue weighted by molar-refractivity contribution is 6.22. The number of anilines is 1. The summed E-state index contributed by atoms with van der Waals surface area (Å²) >= 11 is 0. The van der Waals surface area contributed by atoms with Gasteiger partial charge in [0, 0.05) is 0 Å². The van der Waals surface area contributed by atoms with Crippen molar-refractivity contribution in [3.63, 3.8) is 0 Å². The van der Waals surface area contributed by atoms with E-state index in [4.69, 9.17) is 0 Å². The molecule has 29 heavy (non-hydrogen) atoms. The number of para-hydroxylation sites is 1. The van der Waals surface area contributed by atoms with Crippen molar-refractivity contribution in [2.45, 2.75) is 6.18 Å². The van der Waals surface area contributed by atoms with Gasteiger partial charge in [-0.1, -0.05) is 24.3 Å². The fraction of sp³-hybridized carbons (Fsp3) is 0.158. The third kappa shape index (κ3) is 4.26. The maximum Gasteiger partial charge on any atom is 0.418 e. The molecule has 0 radical (unpaired) electrons. The minimum atomic E-state index is -4.67. The van der Waals surface area contributed by atoms with Gasteiger partial charge >= 0.3 is 12.1 Å². The Bertz CT molecular complexity index is 968. The number of imide groups is 1. The second kappa shape index (κ2) is 7.74. The van der Waals surface area contributed by atoms with Gasteiger partial charge in [0.25, 0.3) is 17.7 Å². The molecule has 7 nitrogen and oxygen atoms in total. The lowest BCUT2D eigenvalue weighted by molar-refractivity contribution is -0.147. The summed E-state index contributed by atoms with van der Waals surface area (Å²) in [4.78, 5) is 48.7. The van der Waals surface area contributed by atoms with E-state index >= 15 is 0 Å². The lowest BCUT2D eigenvalue weighted by Crippen LogP contribution is -2.36. The molecule has 0 fully saturated rings. The Labute approximate surface area is 162 Å². The van der Waals surface area contributed by atoms with E-state index in [0.717, 1.165) is 12.1 Å². The molecule has 1 heterocycles. The number of nitrogens with zero attached hydrogens (tertiary/aromatic N) is 1. The Kier molecular flexibility index (Phi) is 5.35. The molecule has 3 amide bonds. The Morgan fingerprint density at radius 2 is 1.48 bits per heavy atom. The first-order chi connectivity index (χ1) is 13.7. The van der Waals surface area contributed by atoms with Gasteiger partial charge in [-0.2, -0.15) is 13.2 Å². The quantitative estimate of drug-likeness (QED) is 0.608. The maximum atomic E-state index is 12.9. The Morgan fingerprint density at radius 3 is 2.07 bits per heavy atom. The van der Waals surface area contributed by atoms with Crippen LogP contribution in [0.25, 0.3) is 0 Å². The molecule has 2 aromatic rings. The third-order valence-electron chi connectivity index (χ3n) is 4.04. The summed E-state index contributed by atoms with van der Waals surface area (Å²) in [6.45, 7) is -1.60. The lowest BCUT2D eigenvalue weighted by atomic mass is 10.1. The van der Waals surface area contributed by atoms with Crippen LogP contribution in [-0.4, -0.2) is 41.7 Å². The van der Waals surface area contributed by atoms with Gasteiger partial charge in [0.05, 0.1) is 22.4 Å². The average molecular weight is 406 g/mol. The van der Waals surface area contributed by atoms with Gasteiger partial charge in [-0.3, -0.25) is 24.1 Å². The van der Waals surface area contributed by atoms with Gasteiger partial charge in [0.2, 0.25) is 0 Å². The molecule has 0 bridgehead atoms. The maximum absolute atomic E-state index is 12.9. The van der Waals surface area contributed by atoms with Crippen molar-refractivity contribution < 1.29 is 37.1 Å². The van der Waals surface area contributed by atoms with Crippen molar-refractivity contribution in [1.82, 2.24) is 4.90 Å². The van der Waals surface area contributed by atoms with E-state index in [9.17, 15) is 32.3 Å². The van der Waals surface area contributed by atoms with Crippen LogP contribution in [-0.2, 0) is 20.5 Å². The first-order valence-corrected chi connectivity index (χ1v) is 8.25. The molecule has 1 N–H and O–H groups in total. The van der Waals surface area contributed by atoms with Crippen LogP contribution in [0, 0.1) is 0 Å². The molecule has 0 aromatic heterocycles. The van der Waals surface area contributed by atoms with Gasteiger partial charge in [-0.25, -0.2) is 0 Å². The molecule has 150 valence electrons. The number of esters is 1. The number of nitrogens with one attached hydrogen (secondary N) is 1. The van der Waals surface area contributed by atoms with Crippen LogP contribution in [0.2, 0.25) is 0 Å². The van der Waals surface area contributed by atoms with Crippen LogP contribution < -0.4 is 5.32 Å². The van der Waals surface area contributed by atoms with Crippen molar-refractivity contribution in [2.24, 2.45) is 0 Å². The number of halogens is 3. The Hall–Kier alpha value is -3.69. The number of rotatable bonds is 5. The number of benzene rings is 2. The van der Waals surface area contributed by atoms with Crippen molar-refractivity contribution in [3.8, 4) is 0 Å². The SMILES string of the molecule is O=C(COC(=O)CN1C(=O)c2ccccc2C1=O)Nc1ccccc1C(F)(F)F. The highest BCUT2D eigenvalue weighted by atomic mass is 19.4. The highest BCUT2D eigenvalue weighted by Crippen LogP contribution is 2.34. The lowest BCUT2D eigenvalue weighted by Gasteiger charge is -2.14. The molecule has 3 rings (SSSR count). The number of ether oxygens (including phenoxy) is 1. The monoisotopic (exact) mass is 406 g/mol. The normalized spacial score (nSPS) is 13.3. The predicted molar refractivity (Wildman–Crippen MR) is 92.8 cm³/mol. The van der Waals surface area contributed by atoms with E-state index in [1.54, 1.807) is 12.1 Å². The first-order valence-electron chi connectivity index (χ1n) is 8.25. The largest absolute Gasteiger partial charge is 0.454 e. The Balaban J connectivity index is 1.56. The smallest absolute Gasteiger partial charge is 0.418 e. The second-order valence-electron chi connectivity index (χ2n) is 5.99. The fourth-order valence-corrected chi connectivity index (χ4v) is 2.73. The van der Waals surface area contributed by atoms with E-state index in [1.807, 2.05) is 5.32 Å². The molecule has 2 aromatic carbocycles. The van der Waals surface area contributed by atoms with Gasteiger partial charge in [0.1, 0.15) is 6.54 Å². The molecular formula is C19H13F3N2O5.